The Morgan fingerprint density at radius 2 is 2.12 bits per heavy atom. The number of urea groups is 1. The monoisotopic (exact) mass is 233 g/mol. The first kappa shape index (κ1) is 11.9. The van der Waals surface area contributed by atoms with E-state index >= 15 is 0 Å². The number of amides is 2. The lowest BCUT2D eigenvalue weighted by atomic mass is 10.2. The van der Waals surface area contributed by atoms with Gasteiger partial charge in [0.2, 0.25) is 0 Å². The Morgan fingerprint density at radius 3 is 2.71 bits per heavy atom. The molecule has 0 aliphatic carbocycles. The number of aryl methyl sites for hydroxylation is 1. The van der Waals surface area contributed by atoms with Crippen LogP contribution in [0.4, 0.5) is 10.5 Å². The second kappa shape index (κ2) is 5.19. The first-order valence-electron chi connectivity index (χ1n) is 5.98. The third-order valence-electron chi connectivity index (χ3n) is 3.21. The van der Waals surface area contributed by atoms with Crippen LogP contribution < -0.4 is 10.6 Å². The van der Waals surface area contributed by atoms with Gasteiger partial charge in [0.1, 0.15) is 0 Å². The molecular formula is C13H19N3O. The summed E-state index contributed by atoms with van der Waals surface area (Å²) in [6, 6.07) is 8.10. The zero-order valence-corrected chi connectivity index (χ0v) is 10.4. The van der Waals surface area contributed by atoms with Gasteiger partial charge in [-0.2, -0.15) is 0 Å². The van der Waals surface area contributed by atoms with Crippen molar-refractivity contribution in [3.8, 4) is 0 Å². The summed E-state index contributed by atoms with van der Waals surface area (Å²) in [4.78, 5) is 13.7. The summed E-state index contributed by atoms with van der Waals surface area (Å²) < 4.78 is 0. The Balaban J connectivity index is 1.93. The van der Waals surface area contributed by atoms with Crippen LogP contribution in [0.5, 0.6) is 0 Å². The van der Waals surface area contributed by atoms with E-state index in [1.165, 1.54) is 5.56 Å². The zero-order chi connectivity index (χ0) is 12.3. The highest BCUT2D eigenvalue weighted by Crippen LogP contribution is 2.12. The molecule has 4 nitrogen and oxygen atoms in total. The molecule has 1 atom stereocenters. The average Bonchev–Trinajstić information content (AvgIpc) is 2.84. The van der Waals surface area contributed by atoms with Gasteiger partial charge in [-0.25, -0.2) is 4.79 Å². The summed E-state index contributed by atoms with van der Waals surface area (Å²) in [5.41, 5.74) is 2.04. The molecule has 2 amide bonds. The van der Waals surface area contributed by atoms with E-state index in [1.807, 2.05) is 38.2 Å². The number of carbonyl (C=O) groups excluding carboxylic acids is 1. The summed E-state index contributed by atoms with van der Waals surface area (Å²) >= 11 is 0. The van der Waals surface area contributed by atoms with Crippen molar-refractivity contribution in [1.82, 2.24) is 10.2 Å². The van der Waals surface area contributed by atoms with Gasteiger partial charge in [0.25, 0.3) is 0 Å². The Kier molecular flexibility index (Phi) is 3.64. The highest BCUT2D eigenvalue weighted by molar-refractivity contribution is 5.89. The van der Waals surface area contributed by atoms with Gasteiger partial charge in [-0.15, -0.1) is 0 Å². The standard InChI is InChI=1S/C13H19N3O/c1-10-3-5-11(6-4-10)15-13(17)16(2)12-7-8-14-9-12/h3-6,12,14H,7-9H2,1-2H3,(H,15,17). The molecule has 1 fully saturated rings. The van der Waals surface area contributed by atoms with E-state index in [0.717, 1.165) is 25.2 Å². The molecule has 17 heavy (non-hydrogen) atoms. The van der Waals surface area contributed by atoms with Gasteiger partial charge in [-0.1, -0.05) is 17.7 Å². The molecule has 1 aliphatic rings. The number of benzene rings is 1. The maximum Gasteiger partial charge on any atom is 0.321 e. The molecule has 1 unspecified atom stereocenters. The molecule has 0 saturated carbocycles. The number of hydrogen-bond donors (Lipinski definition) is 2. The highest BCUT2D eigenvalue weighted by atomic mass is 16.2. The van der Waals surface area contributed by atoms with Crippen LogP contribution in [0.1, 0.15) is 12.0 Å². The zero-order valence-electron chi connectivity index (χ0n) is 10.4. The molecule has 1 saturated heterocycles. The molecule has 0 aromatic heterocycles. The van der Waals surface area contributed by atoms with E-state index in [9.17, 15) is 4.79 Å². The topological polar surface area (TPSA) is 44.4 Å². The van der Waals surface area contributed by atoms with Crippen LogP contribution >= 0.6 is 0 Å². The molecule has 0 spiro atoms. The van der Waals surface area contributed by atoms with Gasteiger partial charge in [-0.3, -0.25) is 0 Å². The fourth-order valence-corrected chi connectivity index (χ4v) is 1.98. The third kappa shape index (κ3) is 2.97. The fraction of sp³-hybridized carbons (Fsp3) is 0.462. The SMILES string of the molecule is Cc1ccc(NC(=O)N(C)C2CCNC2)cc1. The summed E-state index contributed by atoms with van der Waals surface area (Å²) in [6.45, 7) is 3.91. The number of rotatable bonds is 2. The van der Waals surface area contributed by atoms with Gasteiger partial charge in [-0.05, 0) is 32.0 Å². The second-order valence-electron chi connectivity index (χ2n) is 4.55. The summed E-state index contributed by atoms with van der Waals surface area (Å²) in [5, 5.41) is 6.16. The second-order valence-corrected chi connectivity index (χ2v) is 4.55. The molecular weight excluding hydrogens is 214 g/mol. The van der Waals surface area contributed by atoms with Gasteiger partial charge in [0.05, 0.1) is 0 Å². The molecule has 0 radical (unpaired) electrons. The van der Waals surface area contributed by atoms with Gasteiger partial charge in [0, 0.05) is 25.3 Å². The van der Waals surface area contributed by atoms with Crippen LogP contribution in [-0.2, 0) is 0 Å². The van der Waals surface area contributed by atoms with Crippen molar-refractivity contribution in [1.29, 1.82) is 0 Å². The van der Waals surface area contributed by atoms with E-state index in [2.05, 4.69) is 10.6 Å². The first-order chi connectivity index (χ1) is 8.16. The predicted octanol–water partition coefficient (Wildman–Crippen LogP) is 1.82. The molecule has 4 heteroatoms. The van der Waals surface area contributed by atoms with Crippen LogP contribution in [-0.4, -0.2) is 37.1 Å². The van der Waals surface area contributed by atoms with Crippen molar-refractivity contribution < 1.29 is 4.79 Å². The van der Waals surface area contributed by atoms with Gasteiger partial charge >= 0.3 is 6.03 Å². The normalized spacial score (nSPS) is 19.1. The lowest BCUT2D eigenvalue weighted by Crippen LogP contribution is -2.40. The minimum absolute atomic E-state index is 0.0393. The van der Waals surface area contributed by atoms with Crippen molar-refractivity contribution in [2.24, 2.45) is 0 Å². The molecule has 2 N–H and O–H groups in total. The minimum atomic E-state index is -0.0393. The number of nitrogens with one attached hydrogen (secondary N) is 2. The molecule has 2 rings (SSSR count). The van der Waals surface area contributed by atoms with Crippen molar-refractivity contribution in [2.45, 2.75) is 19.4 Å². The summed E-state index contributed by atoms with van der Waals surface area (Å²) in [7, 11) is 1.85. The van der Waals surface area contributed by atoms with Crippen molar-refractivity contribution >= 4 is 11.7 Å². The quantitative estimate of drug-likeness (QED) is 0.818. The van der Waals surface area contributed by atoms with Crippen LogP contribution in [0.15, 0.2) is 24.3 Å². The van der Waals surface area contributed by atoms with E-state index in [1.54, 1.807) is 4.90 Å². The number of anilines is 1. The van der Waals surface area contributed by atoms with E-state index < -0.39 is 0 Å². The summed E-state index contributed by atoms with van der Waals surface area (Å²) in [5.74, 6) is 0. The van der Waals surface area contributed by atoms with Gasteiger partial charge < -0.3 is 15.5 Å². The Morgan fingerprint density at radius 1 is 1.41 bits per heavy atom. The van der Waals surface area contributed by atoms with Gasteiger partial charge in [0.15, 0.2) is 0 Å². The first-order valence-corrected chi connectivity index (χ1v) is 5.98. The number of nitrogens with zero attached hydrogens (tertiary/aromatic N) is 1. The molecule has 92 valence electrons. The van der Waals surface area contributed by atoms with Crippen LogP contribution in [0.25, 0.3) is 0 Å². The van der Waals surface area contributed by atoms with E-state index in [4.69, 9.17) is 0 Å². The highest BCUT2D eigenvalue weighted by Gasteiger charge is 2.22. The van der Waals surface area contributed by atoms with Crippen LogP contribution in [0.2, 0.25) is 0 Å². The molecule has 1 aromatic rings. The van der Waals surface area contributed by atoms with Crippen LogP contribution in [0.3, 0.4) is 0 Å². The van der Waals surface area contributed by atoms with Crippen molar-refractivity contribution in [3.63, 3.8) is 0 Å². The minimum Gasteiger partial charge on any atom is -0.323 e. The molecule has 0 bridgehead atoms. The predicted molar refractivity (Wildman–Crippen MR) is 69.2 cm³/mol. The number of likely N-dealkylation sites (N-methyl/N-ethyl adjacent to an activating group) is 1. The Labute approximate surface area is 102 Å². The third-order valence-corrected chi connectivity index (χ3v) is 3.21. The largest absolute Gasteiger partial charge is 0.323 e. The maximum atomic E-state index is 12.0. The molecule has 1 aliphatic heterocycles. The molecule has 1 aromatic carbocycles. The Bertz CT molecular complexity index is 382. The Hall–Kier alpha value is -1.55. The van der Waals surface area contributed by atoms with E-state index in [-0.39, 0.29) is 6.03 Å². The average molecular weight is 233 g/mol. The van der Waals surface area contributed by atoms with Crippen LogP contribution in [0, 0.1) is 6.92 Å². The molecule has 1 heterocycles. The van der Waals surface area contributed by atoms with Crippen molar-refractivity contribution in [2.75, 3.05) is 25.5 Å². The number of hydrogen-bond acceptors (Lipinski definition) is 2. The lowest BCUT2D eigenvalue weighted by Gasteiger charge is -2.24. The van der Waals surface area contributed by atoms with Crippen molar-refractivity contribution in [3.05, 3.63) is 29.8 Å². The fourth-order valence-electron chi connectivity index (χ4n) is 1.98. The lowest BCUT2D eigenvalue weighted by molar-refractivity contribution is 0.208. The maximum absolute atomic E-state index is 12.0. The smallest absolute Gasteiger partial charge is 0.321 e. The number of carbonyl (C=O) groups is 1. The van der Waals surface area contributed by atoms with E-state index in [0.29, 0.717) is 6.04 Å². The summed E-state index contributed by atoms with van der Waals surface area (Å²) in [6.07, 6.45) is 1.03.